The first kappa shape index (κ1) is 18.7. The third-order valence-corrected chi connectivity index (χ3v) is 5.84. The lowest BCUT2D eigenvalue weighted by molar-refractivity contribution is -0.127. The summed E-state index contributed by atoms with van der Waals surface area (Å²) in [5.41, 5.74) is 5.71. The van der Waals surface area contributed by atoms with Crippen LogP contribution < -0.4 is 10.2 Å². The summed E-state index contributed by atoms with van der Waals surface area (Å²) < 4.78 is 5.86. The van der Waals surface area contributed by atoms with Crippen molar-refractivity contribution in [3.63, 3.8) is 0 Å². The molecule has 0 aliphatic carbocycles. The molecule has 2 amide bonds. The molecule has 2 aliphatic heterocycles. The molecule has 2 atom stereocenters. The number of benzene rings is 2. The molecule has 146 valence electrons. The van der Waals surface area contributed by atoms with Crippen LogP contribution in [0.3, 0.4) is 0 Å². The van der Waals surface area contributed by atoms with E-state index in [1.54, 1.807) is 4.90 Å². The fourth-order valence-corrected chi connectivity index (χ4v) is 3.93. The lowest BCUT2D eigenvalue weighted by atomic mass is 9.99. The molecule has 2 aromatic carbocycles. The number of nitrogens with zero attached hydrogens (tertiary/aromatic N) is 1. The Morgan fingerprint density at radius 3 is 2.68 bits per heavy atom. The number of carbonyl (C=O) groups is 2. The first-order valence-electron chi connectivity index (χ1n) is 9.85. The van der Waals surface area contributed by atoms with Crippen LogP contribution in [-0.4, -0.2) is 31.0 Å². The van der Waals surface area contributed by atoms with Gasteiger partial charge in [0.2, 0.25) is 11.8 Å². The molecule has 0 radical (unpaired) electrons. The minimum Gasteiger partial charge on any atom is -0.371 e. The number of hydrogen-bond acceptors (Lipinski definition) is 3. The van der Waals surface area contributed by atoms with Crippen molar-refractivity contribution in [1.29, 1.82) is 0 Å². The number of hydrogen-bond donors (Lipinski definition) is 1. The van der Waals surface area contributed by atoms with Crippen molar-refractivity contribution < 1.29 is 14.3 Å². The quantitative estimate of drug-likeness (QED) is 0.890. The van der Waals surface area contributed by atoms with E-state index < -0.39 is 0 Å². The number of nitrogens with one attached hydrogen (secondary N) is 1. The Hall–Kier alpha value is -2.66. The van der Waals surface area contributed by atoms with E-state index in [4.69, 9.17) is 4.74 Å². The largest absolute Gasteiger partial charge is 0.371 e. The summed E-state index contributed by atoms with van der Waals surface area (Å²) in [5.74, 6) is -0.377. The summed E-state index contributed by atoms with van der Waals surface area (Å²) in [7, 11) is 0. The van der Waals surface area contributed by atoms with Gasteiger partial charge >= 0.3 is 0 Å². The molecule has 0 saturated carbocycles. The molecule has 1 N–H and O–H groups in total. The van der Waals surface area contributed by atoms with Gasteiger partial charge in [-0.3, -0.25) is 9.59 Å². The second kappa shape index (κ2) is 7.76. The third-order valence-electron chi connectivity index (χ3n) is 5.84. The average molecular weight is 378 g/mol. The van der Waals surface area contributed by atoms with Gasteiger partial charge in [0.1, 0.15) is 0 Å². The highest BCUT2D eigenvalue weighted by Gasteiger charge is 2.35. The topological polar surface area (TPSA) is 58.6 Å². The number of aryl methyl sites for hydroxylation is 2. The summed E-state index contributed by atoms with van der Waals surface area (Å²) >= 11 is 0. The summed E-state index contributed by atoms with van der Waals surface area (Å²) in [4.78, 5) is 26.8. The molecule has 2 aliphatic rings. The number of ether oxygens (including phenoxy) is 1. The third kappa shape index (κ3) is 3.80. The highest BCUT2D eigenvalue weighted by atomic mass is 16.5. The van der Waals surface area contributed by atoms with E-state index in [2.05, 4.69) is 17.4 Å². The number of fused-ring (bicyclic) bond motifs is 1. The molecule has 5 nitrogen and oxygen atoms in total. The minimum absolute atomic E-state index is 0.00578. The van der Waals surface area contributed by atoms with Crippen LogP contribution in [0.1, 0.15) is 28.7 Å². The monoisotopic (exact) mass is 378 g/mol. The number of anilines is 1. The van der Waals surface area contributed by atoms with E-state index in [1.165, 1.54) is 16.7 Å². The maximum Gasteiger partial charge on any atom is 0.227 e. The van der Waals surface area contributed by atoms with Crippen molar-refractivity contribution in [2.45, 2.75) is 39.4 Å². The molecular weight excluding hydrogens is 352 g/mol. The van der Waals surface area contributed by atoms with Gasteiger partial charge in [0, 0.05) is 31.6 Å². The molecule has 0 spiro atoms. The van der Waals surface area contributed by atoms with Crippen LogP contribution in [0.25, 0.3) is 0 Å². The highest BCUT2D eigenvalue weighted by molar-refractivity contribution is 6.00. The van der Waals surface area contributed by atoms with Gasteiger partial charge in [0.15, 0.2) is 0 Å². The number of carbonyl (C=O) groups excluding carboxylic acids is 2. The van der Waals surface area contributed by atoms with Crippen LogP contribution in [-0.2, 0) is 27.4 Å². The number of rotatable bonds is 4. The van der Waals surface area contributed by atoms with E-state index in [0.717, 1.165) is 17.7 Å². The lowest BCUT2D eigenvalue weighted by Gasteiger charge is -2.26. The van der Waals surface area contributed by atoms with E-state index in [-0.39, 0.29) is 30.3 Å². The van der Waals surface area contributed by atoms with E-state index >= 15 is 0 Å². The zero-order valence-corrected chi connectivity index (χ0v) is 16.4. The van der Waals surface area contributed by atoms with E-state index in [9.17, 15) is 9.59 Å². The van der Waals surface area contributed by atoms with Crippen molar-refractivity contribution in [1.82, 2.24) is 5.32 Å². The van der Waals surface area contributed by atoms with Gasteiger partial charge in [-0.05, 0) is 48.2 Å². The first-order valence-corrected chi connectivity index (χ1v) is 9.85. The summed E-state index contributed by atoms with van der Waals surface area (Å²) in [6.07, 6.45) is 1.04. The Balaban J connectivity index is 1.33. The molecule has 0 aromatic heterocycles. The van der Waals surface area contributed by atoms with Crippen LogP contribution in [0.15, 0.2) is 42.5 Å². The maximum absolute atomic E-state index is 12.6. The van der Waals surface area contributed by atoms with Crippen molar-refractivity contribution in [3.8, 4) is 0 Å². The lowest BCUT2D eigenvalue weighted by Crippen LogP contribution is -2.40. The minimum atomic E-state index is -0.315. The Kier molecular flexibility index (Phi) is 5.18. The second-order valence-electron chi connectivity index (χ2n) is 7.82. The fourth-order valence-electron chi connectivity index (χ4n) is 3.93. The smallest absolute Gasteiger partial charge is 0.227 e. The van der Waals surface area contributed by atoms with Crippen LogP contribution >= 0.6 is 0 Å². The molecule has 4 rings (SSSR count). The molecule has 2 heterocycles. The van der Waals surface area contributed by atoms with Crippen LogP contribution in [0.5, 0.6) is 0 Å². The molecule has 2 aromatic rings. The fraction of sp³-hybridized carbons (Fsp3) is 0.391. The zero-order chi connectivity index (χ0) is 19.7. The second-order valence-corrected chi connectivity index (χ2v) is 7.82. The van der Waals surface area contributed by atoms with Crippen LogP contribution in [0.2, 0.25) is 0 Å². The molecular formula is C23H26N2O3. The van der Waals surface area contributed by atoms with Crippen LogP contribution in [0.4, 0.5) is 5.69 Å². The predicted octanol–water partition coefficient (Wildman–Crippen LogP) is 2.91. The summed E-state index contributed by atoms with van der Waals surface area (Å²) in [5, 5.41) is 3.00. The maximum atomic E-state index is 12.6. The molecule has 2 unspecified atom stereocenters. The first-order chi connectivity index (χ1) is 13.5. The molecule has 28 heavy (non-hydrogen) atoms. The van der Waals surface area contributed by atoms with E-state index in [1.807, 2.05) is 44.2 Å². The van der Waals surface area contributed by atoms with Crippen molar-refractivity contribution in [3.05, 3.63) is 64.7 Å². The predicted molar refractivity (Wildman–Crippen MR) is 108 cm³/mol. The zero-order valence-electron chi connectivity index (χ0n) is 16.4. The van der Waals surface area contributed by atoms with Gasteiger partial charge in [0.05, 0.1) is 18.6 Å². The molecule has 5 heteroatoms. The van der Waals surface area contributed by atoms with E-state index in [0.29, 0.717) is 19.7 Å². The van der Waals surface area contributed by atoms with Gasteiger partial charge in [-0.2, -0.15) is 0 Å². The molecule has 1 saturated heterocycles. The van der Waals surface area contributed by atoms with Crippen molar-refractivity contribution in [2.24, 2.45) is 5.92 Å². The van der Waals surface area contributed by atoms with Gasteiger partial charge in [-0.15, -0.1) is 0 Å². The average Bonchev–Trinajstić information content (AvgIpc) is 3.10. The normalized spacial score (nSPS) is 21.5. The summed E-state index contributed by atoms with van der Waals surface area (Å²) in [6.45, 7) is 5.57. The molecule has 0 bridgehead atoms. The van der Waals surface area contributed by atoms with Gasteiger partial charge in [0.25, 0.3) is 0 Å². The van der Waals surface area contributed by atoms with Crippen molar-refractivity contribution in [2.75, 3.05) is 18.0 Å². The SMILES string of the molecule is Cc1ccc(N2CC(C(=O)NCC3Cc4ccccc4CO3)CC2=O)cc1C. The number of amides is 2. The molecule has 1 fully saturated rings. The Labute approximate surface area is 165 Å². The van der Waals surface area contributed by atoms with Crippen LogP contribution in [0, 0.1) is 19.8 Å². The van der Waals surface area contributed by atoms with Crippen molar-refractivity contribution >= 4 is 17.5 Å². The Morgan fingerprint density at radius 1 is 1.11 bits per heavy atom. The van der Waals surface area contributed by atoms with Gasteiger partial charge < -0.3 is 15.0 Å². The standard InChI is InChI=1S/C23H26N2O3/c1-15-7-8-20(9-16(15)2)25-13-19(11-22(25)26)23(27)24-12-21-10-17-5-3-4-6-18(17)14-28-21/h3-9,19,21H,10-14H2,1-2H3,(H,24,27). The Morgan fingerprint density at radius 2 is 1.89 bits per heavy atom. The van der Waals surface area contributed by atoms with Gasteiger partial charge in [-0.25, -0.2) is 0 Å². The Bertz CT molecular complexity index is 908. The van der Waals surface area contributed by atoms with Gasteiger partial charge in [-0.1, -0.05) is 30.3 Å². The highest BCUT2D eigenvalue weighted by Crippen LogP contribution is 2.27. The summed E-state index contributed by atoms with van der Waals surface area (Å²) in [6, 6.07) is 14.2.